The highest BCUT2D eigenvalue weighted by molar-refractivity contribution is 14.0. The van der Waals surface area contributed by atoms with E-state index in [4.69, 9.17) is 9.15 Å². The molecule has 2 rings (SSSR count). The van der Waals surface area contributed by atoms with E-state index in [2.05, 4.69) is 15.6 Å². The maximum atomic E-state index is 10.1. The molecule has 2 aromatic rings. The van der Waals surface area contributed by atoms with Crippen LogP contribution in [0.3, 0.4) is 0 Å². The fourth-order valence-electron chi connectivity index (χ4n) is 2.21. The van der Waals surface area contributed by atoms with Crippen molar-refractivity contribution in [3.63, 3.8) is 0 Å². The first-order chi connectivity index (χ1) is 11.7. The highest BCUT2D eigenvalue weighted by Gasteiger charge is 2.11. The van der Waals surface area contributed by atoms with E-state index in [9.17, 15) is 5.11 Å². The van der Waals surface area contributed by atoms with Crippen LogP contribution in [-0.4, -0.2) is 30.8 Å². The van der Waals surface area contributed by atoms with Crippen LogP contribution in [0.25, 0.3) is 0 Å². The zero-order valence-electron chi connectivity index (χ0n) is 14.6. The Morgan fingerprint density at radius 3 is 2.68 bits per heavy atom. The van der Waals surface area contributed by atoms with Crippen LogP contribution in [0.5, 0.6) is 5.75 Å². The van der Waals surface area contributed by atoms with Crippen molar-refractivity contribution in [2.24, 2.45) is 4.99 Å². The monoisotopic (exact) mass is 459 g/mol. The second-order valence-electron chi connectivity index (χ2n) is 5.15. The predicted molar refractivity (Wildman–Crippen MR) is 110 cm³/mol. The molecule has 3 N–H and O–H groups in total. The van der Waals surface area contributed by atoms with Gasteiger partial charge in [-0.3, -0.25) is 0 Å². The summed E-state index contributed by atoms with van der Waals surface area (Å²) >= 11 is 0. The first kappa shape index (κ1) is 21.3. The minimum atomic E-state index is -0.723. The lowest BCUT2D eigenvalue weighted by Crippen LogP contribution is -2.39. The summed E-state index contributed by atoms with van der Waals surface area (Å²) in [5.74, 6) is 2.00. The fourth-order valence-corrected chi connectivity index (χ4v) is 2.21. The van der Waals surface area contributed by atoms with Gasteiger partial charge < -0.3 is 24.9 Å². The second kappa shape index (κ2) is 11.8. The molecule has 1 heterocycles. The number of para-hydroxylation sites is 1. The average Bonchev–Trinajstić information content (AvgIpc) is 3.13. The maximum absolute atomic E-state index is 10.1. The molecule has 0 saturated carbocycles. The normalized spacial score (nSPS) is 12.2. The Hall–Kier alpha value is -1.74. The van der Waals surface area contributed by atoms with Crippen molar-refractivity contribution in [3.8, 4) is 5.75 Å². The van der Waals surface area contributed by atoms with Gasteiger partial charge in [0, 0.05) is 12.1 Å². The summed E-state index contributed by atoms with van der Waals surface area (Å²) in [4.78, 5) is 4.55. The minimum Gasteiger partial charge on any atom is -0.494 e. The van der Waals surface area contributed by atoms with Crippen LogP contribution in [0.4, 0.5) is 0 Å². The van der Waals surface area contributed by atoms with E-state index in [-0.39, 0.29) is 24.0 Å². The third kappa shape index (κ3) is 6.95. The molecule has 0 aliphatic carbocycles. The van der Waals surface area contributed by atoms with Crippen LogP contribution in [0, 0.1) is 0 Å². The number of aliphatic hydroxyl groups is 1. The summed E-state index contributed by atoms with van der Waals surface area (Å²) < 4.78 is 10.8. The summed E-state index contributed by atoms with van der Waals surface area (Å²) in [6, 6.07) is 11.3. The van der Waals surface area contributed by atoms with E-state index in [1.807, 2.05) is 38.1 Å². The van der Waals surface area contributed by atoms with Gasteiger partial charge in [-0.05, 0) is 32.0 Å². The molecule has 0 aliphatic heterocycles. The van der Waals surface area contributed by atoms with Gasteiger partial charge in [-0.2, -0.15) is 0 Å². The lowest BCUT2D eigenvalue weighted by molar-refractivity contribution is 0.153. The fraction of sp³-hybridized carbons (Fsp3) is 0.389. The molecule has 0 saturated heterocycles. The Kier molecular flexibility index (Phi) is 10.0. The number of ether oxygens (including phenoxy) is 1. The number of benzene rings is 1. The first-order valence-corrected chi connectivity index (χ1v) is 8.19. The molecular weight excluding hydrogens is 433 g/mol. The molecule has 6 nitrogen and oxygen atoms in total. The SMILES string of the molecule is CCNC(=NCc1ccccc1OCC)NCC(O)c1ccco1.I. The number of nitrogens with one attached hydrogen (secondary N) is 2. The molecule has 0 bridgehead atoms. The van der Waals surface area contributed by atoms with Crippen LogP contribution in [0.1, 0.15) is 31.3 Å². The standard InChI is InChI=1S/C18H25N3O3.HI/c1-3-19-18(21-13-15(22)17-10-7-11-24-17)20-12-14-8-5-6-9-16(14)23-4-2;/h5-11,15,22H,3-4,12-13H2,1-2H3,(H2,19,20,21);1H. The van der Waals surface area contributed by atoms with E-state index in [1.54, 1.807) is 18.4 Å². The average molecular weight is 459 g/mol. The molecule has 1 aromatic heterocycles. The predicted octanol–water partition coefficient (Wildman–Crippen LogP) is 3.09. The van der Waals surface area contributed by atoms with Crippen LogP contribution in [0.15, 0.2) is 52.1 Å². The minimum absolute atomic E-state index is 0. The molecular formula is C18H26IN3O3. The van der Waals surface area contributed by atoms with Gasteiger partial charge in [-0.15, -0.1) is 24.0 Å². The lowest BCUT2D eigenvalue weighted by atomic mass is 10.2. The number of rotatable bonds is 8. The summed E-state index contributed by atoms with van der Waals surface area (Å²) in [5, 5.41) is 16.3. The van der Waals surface area contributed by atoms with Gasteiger partial charge in [-0.1, -0.05) is 18.2 Å². The summed E-state index contributed by atoms with van der Waals surface area (Å²) in [5.41, 5.74) is 1.02. The highest BCUT2D eigenvalue weighted by atomic mass is 127. The summed E-state index contributed by atoms with van der Waals surface area (Å²) in [6.07, 6.45) is 0.822. The Bertz CT molecular complexity index is 632. The van der Waals surface area contributed by atoms with Crippen molar-refractivity contribution < 1.29 is 14.3 Å². The number of aliphatic imine (C=N–C) groups is 1. The molecule has 0 aliphatic rings. The van der Waals surface area contributed by atoms with Gasteiger partial charge in [0.25, 0.3) is 0 Å². The van der Waals surface area contributed by atoms with Gasteiger partial charge in [0.2, 0.25) is 0 Å². The van der Waals surface area contributed by atoms with Gasteiger partial charge in [-0.25, -0.2) is 4.99 Å². The smallest absolute Gasteiger partial charge is 0.191 e. The van der Waals surface area contributed by atoms with Crippen molar-refractivity contribution >= 4 is 29.9 Å². The first-order valence-electron chi connectivity index (χ1n) is 8.19. The van der Waals surface area contributed by atoms with E-state index < -0.39 is 6.10 Å². The largest absolute Gasteiger partial charge is 0.494 e. The number of aliphatic hydroxyl groups excluding tert-OH is 1. The van der Waals surface area contributed by atoms with Crippen molar-refractivity contribution in [3.05, 3.63) is 54.0 Å². The Labute approximate surface area is 165 Å². The highest BCUT2D eigenvalue weighted by Crippen LogP contribution is 2.18. The third-order valence-corrected chi connectivity index (χ3v) is 3.36. The number of furan rings is 1. The maximum Gasteiger partial charge on any atom is 0.191 e. The lowest BCUT2D eigenvalue weighted by Gasteiger charge is -2.14. The topological polar surface area (TPSA) is 79.0 Å². The Morgan fingerprint density at radius 1 is 1.20 bits per heavy atom. The van der Waals surface area contributed by atoms with E-state index in [1.165, 1.54) is 0 Å². The molecule has 0 spiro atoms. The Balaban J connectivity index is 0.00000312. The van der Waals surface area contributed by atoms with Crippen LogP contribution < -0.4 is 15.4 Å². The number of guanidine groups is 1. The molecule has 0 fully saturated rings. The number of hydrogen-bond donors (Lipinski definition) is 3. The van der Waals surface area contributed by atoms with Crippen LogP contribution >= 0.6 is 24.0 Å². The van der Waals surface area contributed by atoms with Gasteiger partial charge in [0.1, 0.15) is 17.6 Å². The molecule has 0 radical (unpaired) electrons. The van der Waals surface area contributed by atoms with Crippen molar-refractivity contribution in [1.82, 2.24) is 10.6 Å². The Morgan fingerprint density at radius 2 is 2.00 bits per heavy atom. The van der Waals surface area contributed by atoms with Crippen LogP contribution in [-0.2, 0) is 6.54 Å². The number of nitrogens with zero attached hydrogens (tertiary/aromatic N) is 1. The van der Waals surface area contributed by atoms with E-state index in [0.717, 1.165) is 17.9 Å². The molecule has 0 amide bonds. The zero-order chi connectivity index (χ0) is 17.2. The van der Waals surface area contributed by atoms with E-state index >= 15 is 0 Å². The van der Waals surface area contributed by atoms with Crippen molar-refractivity contribution in [1.29, 1.82) is 0 Å². The molecule has 25 heavy (non-hydrogen) atoms. The molecule has 1 atom stereocenters. The van der Waals surface area contributed by atoms with Crippen LogP contribution in [0.2, 0.25) is 0 Å². The number of hydrogen-bond acceptors (Lipinski definition) is 4. The van der Waals surface area contributed by atoms with Crippen molar-refractivity contribution in [2.45, 2.75) is 26.5 Å². The summed E-state index contributed by atoms with van der Waals surface area (Å²) in [7, 11) is 0. The molecule has 1 unspecified atom stereocenters. The molecule has 138 valence electrons. The molecule has 1 aromatic carbocycles. The summed E-state index contributed by atoms with van der Waals surface area (Å²) in [6.45, 7) is 6.11. The molecule has 7 heteroatoms. The zero-order valence-corrected chi connectivity index (χ0v) is 16.9. The third-order valence-electron chi connectivity index (χ3n) is 3.36. The number of halogens is 1. The second-order valence-corrected chi connectivity index (χ2v) is 5.15. The van der Waals surface area contributed by atoms with Gasteiger partial charge in [0.15, 0.2) is 5.96 Å². The van der Waals surface area contributed by atoms with E-state index in [0.29, 0.717) is 31.4 Å². The van der Waals surface area contributed by atoms with Gasteiger partial charge >= 0.3 is 0 Å². The quantitative estimate of drug-likeness (QED) is 0.321. The van der Waals surface area contributed by atoms with Crippen molar-refractivity contribution in [2.75, 3.05) is 19.7 Å². The van der Waals surface area contributed by atoms with Gasteiger partial charge in [0.05, 0.1) is 26.0 Å².